The van der Waals surface area contributed by atoms with E-state index in [0.717, 1.165) is 9.87 Å². The van der Waals surface area contributed by atoms with E-state index in [1.807, 2.05) is 6.92 Å². The molecule has 0 radical (unpaired) electrons. The van der Waals surface area contributed by atoms with Gasteiger partial charge in [-0.3, -0.25) is 4.79 Å². The molecule has 2 aromatic carbocycles. The molecule has 0 spiro atoms. The number of carbonyl (C=O) groups is 1. The van der Waals surface area contributed by atoms with Crippen molar-refractivity contribution in [2.24, 2.45) is 0 Å². The maximum absolute atomic E-state index is 12.7. The molecular formula is C17H18BrNO5S. The number of methoxy groups -OCH3 is 2. The van der Waals surface area contributed by atoms with Gasteiger partial charge in [0.2, 0.25) is 6.41 Å². The van der Waals surface area contributed by atoms with E-state index >= 15 is 0 Å². The van der Waals surface area contributed by atoms with Crippen molar-refractivity contribution in [3.05, 3.63) is 52.0 Å². The zero-order valence-electron chi connectivity index (χ0n) is 14.0. The largest absolute Gasteiger partial charge is 0.495 e. The molecule has 0 N–H and O–H groups in total. The Morgan fingerprint density at radius 3 is 2.04 bits per heavy atom. The molecule has 0 aliphatic rings. The molecule has 0 aromatic heterocycles. The molecule has 0 bridgehead atoms. The number of aryl methyl sites for hydroxylation is 1. The average molecular weight is 428 g/mol. The minimum atomic E-state index is -3.94. The van der Waals surface area contributed by atoms with Gasteiger partial charge in [-0.15, -0.1) is 0 Å². The molecule has 0 saturated carbocycles. The number of hydrogen-bond acceptors (Lipinski definition) is 5. The third-order valence-electron chi connectivity index (χ3n) is 3.59. The van der Waals surface area contributed by atoms with Gasteiger partial charge in [0.05, 0.1) is 25.7 Å². The van der Waals surface area contributed by atoms with Crippen LogP contribution in [0.1, 0.15) is 11.1 Å². The van der Waals surface area contributed by atoms with Gasteiger partial charge in [-0.1, -0.05) is 17.7 Å². The van der Waals surface area contributed by atoms with E-state index in [9.17, 15) is 13.2 Å². The number of rotatable bonds is 7. The number of nitrogens with zero attached hydrogens (tertiary/aromatic N) is 1. The molecule has 25 heavy (non-hydrogen) atoms. The zero-order valence-corrected chi connectivity index (χ0v) is 16.4. The standard InChI is InChI=1S/C17H18BrNO5S/c1-12-4-6-14(7-5-12)25(21,22)19(11-20)10-13-8-15(23-2)17(18)16(9-13)24-3/h4-9,11H,10H2,1-3H3. The van der Waals surface area contributed by atoms with Crippen LogP contribution >= 0.6 is 15.9 Å². The number of hydrogen-bond donors (Lipinski definition) is 0. The molecule has 0 atom stereocenters. The van der Waals surface area contributed by atoms with Gasteiger partial charge >= 0.3 is 0 Å². The predicted octanol–water partition coefficient (Wildman–Crippen LogP) is 3.12. The summed E-state index contributed by atoms with van der Waals surface area (Å²) in [7, 11) is -0.964. The molecule has 1 amide bonds. The first kappa shape index (κ1) is 19.3. The van der Waals surface area contributed by atoms with Gasteiger partial charge < -0.3 is 9.47 Å². The highest BCUT2D eigenvalue weighted by atomic mass is 79.9. The van der Waals surface area contributed by atoms with Crippen molar-refractivity contribution < 1.29 is 22.7 Å². The number of ether oxygens (including phenoxy) is 2. The van der Waals surface area contributed by atoms with Gasteiger partial charge in [-0.05, 0) is 52.7 Å². The highest BCUT2D eigenvalue weighted by Crippen LogP contribution is 2.36. The number of benzene rings is 2. The normalized spacial score (nSPS) is 11.0. The lowest BCUT2D eigenvalue weighted by Gasteiger charge is -2.19. The van der Waals surface area contributed by atoms with Crippen molar-refractivity contribution in [3.8, 4) is 11.5 Å². The van der Waals surface area contributed by atoms with Crippen LogP contribution < -0.4 is 9.47 Å². The van der Waals surface area contributed by atoms with Gasteiger partial charge in [0.25, 0.3) is 10.0 Å². The summed E-state index contributed by atoms with van der Waals surface area (Å²) in [5, 5.41) is 0. The van der Waals surface area contributed by atoms with Crippen molar-refractivity contribution in [1.29, 1.82) is 0 Å². The van der Waals surface area contributed by atoms with Crippen molar-refractivity contribution in [3.63, 3.8) is 0 Å². The van der Waals surface area contributed by atoms with E-state index in [1.165, 1.54) is 26.4 Å². The maximum Gasteiger partial charge on any atom is 0.266 e. The fraction of sp³-hybridized carbons (Fsp3) is 0.235. The summed E-state index contributed by atoms with van der Waals surface area (Å²) >= 11 is 3.35. The monoisotopic (exact) mass is 427 g/mol. The molecule has 0 unspecified atom stereocenters. The topological polar surface area (TPSA) is 72.9 Å². The lowest BCUT2D eigenvalue weighted by atomic mass is 10.2. The average Bonchev–Trinajstić information content (AvgIpc) is 2.60. The summed E-state index contributed by atoms with van der Waals surface area (Å²) < 4.78 is 37.2. The van der Waals surface area contributed by atoms with E-state index in [0.29, 0.717) is 27.9 Å². The van der Waals surface area contributed by atoms with Crippen molar-refractivity contribution >= 4 is 32.4 Å². The second-order valence-corrected chi connectivity index (χ2v) is 7.97. The second kappa shape index (κ2) is 7.88. The Labute approximate surface area is 155 Å². The van der Waals surface area contributed by atoms with E-state index in [-0.39, 0.29) is 11.4 Å². The van der Waals surface area contributed by atoms with Gasteiger partial charge in [0.1, 0.15) is 16.0 Å². The Morgan fingerprint density at radius 1 is 1.08 bits per heavy atom. The van der Waals surface area contributed by atoms with Crippen LogP contribution in [0.4, 0.5) is 0 Å². The number of amides is 1. The third kappa shape index (κ3) is 4.13. The fourth-order valence-corrected chi connectivity index (χ4v) is 3.96. The SMILES string of the molecule is COc1cc(CN(C=O)S(=O)(=O)c2ccc(C)cc2)cc(OC)c1Br. The summed E-state index contributed by atoms with van der Waals surface area (Å²) in [5.74, 6) is 0.959. The molecule has 2 aromatic rings. The second-order valence-electron chi connectivity index (χ2n) is 5.28. The van der Waals surface area contributed by atoms with Gasteiger partial charge in [0, 0.05) is 0 Å². The van der Waals surface area contributed by atoms with Crippen LogP contribution in [0, 0.1) is 6.92 Å². The molecule has 0 aliphatic heterocycles. The molecule has 0 saturated heterocycles. The maximum atomic E-state index is 12.7. The first-order valence-electron chi connectivity index (χ1n) is 7.27. The first-order chi connectivity index (χ1) is 11.8. The number of halogens is 1. The molecule has 134 valence electrons. The van der Waals surface area contributed by atoms with E-state index in [2.05, 4.69) is 15.9 Å². The lowest BCUT2D eigenvalue weighted by molar-refractivity contribution is -0.114. The van der Waals surface area contributed by atoms with Gasteiger partial charge in [0.15, 0.2) is 0 Å². The van der Waals surface area contributed by atoms with Crippen LogP contribution in [0.2, 0.25) is 0 Å². The van der Waals surface area contributed by atoms with E-state index in [1.54, 1.807) is 24.3 Å². The lowest BCUT2D eigenvalue weighted by Crippen LogP contribution is -2.29. The highest BCUT2D eigenvalue weighted by Gasteiger charge is 2.24. The van der Waals surface area contributed by atoms with Gasteiger partial charge in [-0.2, -0.15) is 0 Å². The van der Waals surface area contributed by atoms with Gasteiger partial charge in [-0.25, -0.2) is 12.7 Å². The fourth-order valence-electron chi connectivity index (χ4n) is 2.22. The highest BCUT2D eigenvalue weighted by molar-refractivity contribution is 9.10. The Morgan fingerprint density at radius 2 is 1.60 bits per heavy atom. The Hall–Kier alpha value is -2.06. The van der Waals surface area contributed by atoms with Crippen LogP contribution in [0.25, 0.3) is 0 Å². The molecule has 8 heteroatoms. The molecule has 0 heterocycles. The first-order valence-corrected chi connectivity index (χ1v) is 9.51. The summed E-state index contributed by atoms with van der Waals surface area (Å²) in [6.07, 6.45) is 0.302. The summed E-state index contributed by atoms with van der Waals surface area (Å²) in [5.41, 5.74) is 1.48. The molecule has 2 rings (SSSR count). The van der Waals surface area contributed by atoms with Crippen molar-refractivity contribution in [2.45, 2.75) is 18.4 Å². The van der Waals surface area contributed by atoms with Crippen LogP contribution in [-0.4, -0.2) is 33.4 Å². The summed E-state index contributed by atoms with van der Waals surface area (Å²) in [4.78, 5) is 11.5. The van der Waals surface area contributed by atoms with Crippen LogP contribution in [0.15, 0.2) is 45.8 Å². The Balaban J connectivity index is 2.39. The smallest absolute Gasteiger partial charge is 0.266 e. The zero-order chi connectivity index (χ0) is 18.6. The molecular weight excluding hydrogens is 410 g/mol. The van der Waals surface area contributed by atoms with E-state index < -0.39 is 10.0 Å². The van der Waals surface area contributed by atoms with Crippen LogP contribution in [0.5, 0.6) is 11.5 Å². The number of sulfonamides is 1. The molecule has 6 nitrogen and oxygen atoms in total. The van der Waals surface area contributed by atoms with Crippen molar-refractivity contribution in [2.75, 3.05) is 14.2 Å². The Bertz CT molecular complexity index is 840. The Kier molecular flexibility index (Phi) is 6.07. The van der Waals surface area contributed by atoms with Crippen LogP contribution in [-0.2, 0) is 21.4 Å². The minimum Gasteiger partial charge on any atom is -0.495 e. The summed E-state index contributed by atoms with van der Waals surface area (Å²) in [6.45, 7) is 1.72. The van der Waals surface area contributed by atoms with Crippen LogP contribution in [0.3, 0.4) is 0 Å². The third-order valence-corrected chi connectivity index (χ3v) is 6.07. The molecule has 0 fully saturated rings. The number of carbonyl (C=O) groups excluding carboxylic acids is 1. The minimum absolute atomic E-state index is 0.0567. The molecule has 0 aliphatic carbocycles. The summed E-state index contributed by atoms with van der Waals surface area (Å²) in [6, 6.07) is 9.61. The predicted molar refractivity (Wildman–Crippen MR) is 97.2 cm³/mol. The quantitative estimate of drug-likeness (QED) is 0.634. The van der Waals surface area contributed by atoms with Crippen molar-refractivity contribution in [1.82, 2.24) is 4.31 Å². The van der Waals surface area contributed by atoms with E-state index in [4.69, 9.17) is 9.47 Å².